The van der Waals surface area contributed by atoms with E-state index in [0.29, 0.717) is 24.4 Å². The van der Waals surface area contributed by atoms with Crippen LogP contribution in [0.1, 0.15) is 53.2 Å². The number of rotatable bonds is 8. The van der Waals surface area contributed by atoms with Crippen LogP contribution in [0.15, 0.2) is 6.07 Å². The van der Waals surface area contributed by atoms with Crippen molar-refractivity contribution in [2.75, 3.05) is 13.2 Å². The second-order valence-corrected chi connectivity index (χ2v) is 7.39. The van der Waals surface area contributed by atoms with Crippen molar-refractivity contribution >= 4 is 23.0 Å². The molecule has 1 atom stereocenters. The minimum absolute atomic E-state index is 0.152. The highest BCUT2D eigenvalue weighted by Gasteiger charge is 2.29. The third-order valence-electron chi connectivity index (χ3n) is 3.96. The lowest BCUT2D eigenvalue weighted by Gasteiger charge is -2.10. The Morgan fingerprint density at radius 1 is 1.38 bits per heavy atom. The second-order valence-electron chi connectivity index (χ2n) is 6.26. The van der Waals surface area contributed by atoms with Gasteiger partial charge in [-0.3, -0.25) is 9.59 Å². The maximum Gasteiger partial charge on any atom is 0.245 e. The quantitative estimate of drug-likeness (QED) is 0.445. The molecule has 0 bridgehead atoms. The highest BCUT2D eigenvalue weighted by atomic mass is 32.1. The van der Waals surface area contributed by atoms with Crippen LogP contribution in [0.3, 0.4) is 0 Å². The lowest BCUT2D eigenvalue weighted by atomic mass is 9.97. The number of nitrogens with one attached hydrogen (secondary N) is 1. The van der Waals surface area contributed by atoms with Gasteiger partial charge in [0.15, 0.2) is 11.7 Å². The SMILES string of the molecule is CC(C)OCCCNC(=O)C(C#N)C(=O)c1cc2c(s1)CCCC2. The number of amides is 1. The molecule has 1 amide bonds. The van der Waals surface area contributed by atoms with Crippen LogP contribution in [0.25, 0.3) is 0 Å². The molecule has 0 aromatic carbocycles. The zero-order valence-electron chi connectivity index (χ0n) is 14.3. The molecule has 1 aromatic rings. The molecule has 0 fully saturated rings. The number of carbonyl (C=O) groups is 2. The van der Waals surface area contributed by atoms with E-state index in [-0.39, 0.29) is 11.9 Å². The zero-order valence-corrected chi connectivity index (χ0v) is 15.1. The Kier molecular flexibility index (Phi) is 6.95. The molecule has 1 aromatic heterocycles. The van der Waals surface area contributed by atoms with Crippen molar-refractivity contribution in [3.63, 3.8) is 0 Å². The van der Waals surface area contributed by atoms with Crippen LogP contribution in [-0.2, 0) is 22.4 Å². The molecule has 1 heterocycles. The average molecular weight is 348 g/mol. The maximum atomic E-state index is 12.5. The predicted molar refractivity (Wildman–Crippen MR) is 93.1 cm³/mol. The highest BCUT2D eigenvalue weighted by molar-refractivity contribution is 7.14. The van der Waals surface area contributed by atoms with Crippen molar-refractivity contribution in [3.8, 4) is 6.07 Å². The van der Waals surface area contributed by atoms with E-state index in [1.165, 1.54) is 21.8 Å². The molecular formula is C18H24N2O3S. The summed E-state index contributed by atoms with van der Waals surface area (Å²) in [6, 6.07) is 3.72. The molecule has 1 aliphatic rings. The van der Waals surface area contributed by atoms with Crippen molar-refractivity contribution < 1.29 is 14.3 Å². The first kappa shape index (κ1) is 18.6. The Labute approximate surface area is 147 Å². The van der Waals surface area contributed by atoms with Gasteiger partial charge in [0.1, 0.15) is 0 Å². The summed E-state index contributed by atoms with van der Waals surface area (Å²) in [6.07, 6.45) is 5.06. The number of hydrogen-bond donors (Lipinski definition) is 1. The van der Waals surface area contributed by atoms with Gasteiger partial charge in [0.05, 0.1) is 17.1 Å². The molecule has 0 saturated carbocycles. The van der Waals surface area contributed by atoms with E-state index in [1.807, 2.05) is 26.0 Å². The van der Waals surface area contributed by atoms with Gasteiger partial charge >= 0.3 is 0 Å². The van der Waals surface area contributed by atoms with Gasteiger partial charge in [-0.2, -0.15) is 5.26 Å². The summed E-state index contributed by atoms with van der Waals surface area (Å²) in [6.45, 7) is 4.84. The van der Waals surface area contributed by atoms with Crippen LogP contribution < -0.4 is 5.32 Å². The lowest BCUT2D eigenvalue weighted by Crippen LogP contribution is -2.35. The number of thiophene rings is 1. The summed E-state index contributed by atoms with van der Waals surface area (Å²) in [5.41, 5.74) is 1.21. The fraction of sp³-hybridized carbons (Fsp3) is 0.611. The first-order chi connectivity index (χ1) is 11.5. The van der Waals surface area contributed by atoms with Crippen molar-refractivity contribution in [3.05, 3.63) is 21.4 Å². The average Bonchev–Trinajstić information content (AvgIpc) is 2.99. The smallest absolute Gasteiger partial charge is 0.245 e. The van der Waals surface area contributed by atoms with Gasteiger partial charge in [-0.25, -0.2) is 0 Å². The minimum Gasteiger partial charge on any atom is -0.379 e. The zero-order chi connectivity index (χ0) is 17.5. The molecule has 6 heteroatoms. The third kappa shape index (κ3) is 4.89. The molecule has 5 nitrogen and oxygen atoms in total. The number of carbonyl (C=O) groups excluding carboxylic acids is 2. The Hall–Kier alpha value is -1.71. The topological polar surface area (TPSA) is 79.2 Å². The predicted octanol–water partition coefficient (Wildman–Crippen LogP) is 2.88. The Morgan fingerprint density at radius 2 is 2.12 bits per heavy atom. The van der Waals surface area contributed by atoms with Crippen LogP contribution in [0.5, 0.6) is 0 Å². The molecule has 0 saturated heterocycles. The fourth-order valence-electron chi connectivity index (χ4n) is 2.70. The largest absolute Gasteiger partial charge is 0.379 e. The van der Waals surface area contributed by atoms with Crippen molar-refractivity contribution in [1.29, 1.82) is 5.26 Å². The first-order valence-corrected chi connectivity index (χ1v) is 9.29. The van der Waals surface area contributed by atoms with Gasteiger partial charge in [0, 0.05) is 18.0 Å². The number of aryl methyl sites for hydroxylation is 2. The summed E-state index contributed by atoms with van der Waals surface area (Å²) in [5, 5.41) is 11.9. The summed E-state index contributed by atoms with van der Waals surface area (Å²) >= 11 is 1.44. The normalized spacial score (nSPS) is 14.8. The highest BCUT2D eigenvalue weighted by Crippen LogP contribution is 2.30. The third-order valence-corrected chi connectivity index (χ3v) is 5.22. The summed E-state index contributed by atoms with van der Waals surface area (Å²) in [4.78, 5) is 26.4. The van der Waals surface area contributed by atoms with Gasteiger partial charge in [-0.1, -0.05) is 0 Å². The number of fused-ring (bicyclic) bond motifs is 1. The molecule has 24 heavy (non-hydrogen) atoms. The van der Waals surface area contributed by atoms with Crippen LogP contribution in [0, 0.1) is 17.2 Å². The van der Waals surface area contributed by atoms with Crippen molar-refractivity contribution in [2.24, 2.45) is 5.92 Å². The fourth-order valence-corrected chi connectivity index (χ4v) is 3.92. The molecular weight excluding hydrogens is 324 g/mol. The summed E-state index contributed by atoms with van der Waals surface area (Å²) in [5.74, 6) is -2.16. The van der Waals surface area contributed by atoms with E-state index < -0.39 is 11.8 Å². The number of hydrogen-bond acceptors (Lipinski definition) is 5. The Morgan fingerprint density at radius 3 is 2.79 bits per heavy atom. The van der Waals surface area contributed by atoms with Gasteiger partial charge in [-0.15, -0.1) is 11.3 Å². The van der Waals surface area contributed by atoms with E-state index in [1.54, 1.807) is 0 Å². The van der Waals surface area contributed by atoms with Crippen molar-refractivity contribution in [2.45, 2.75) is 52.1 Å². The number of nitrogens with zero attached hydrogens (tertiary/aromatic N) is 1. The summed E-state index contributed by atoms with van der Waals surface area (Å²) < 4.78 is 5.39. The van der Waals surface area contributed by atoms with E-state index in [4.69, 9.17) is 4.74 Å². The molecule has 130 valence electrons. The van der Waals surface area contributed by atoms with E-state index in [2.05, 4.69) is 5.32 Å². The maximum absolute atomic E-state index is 12.5. The van der Waals surface area contributed by atoms with Crippen molar-refractivity contribution in [1.82, 2.24) is 5.32 Å². The molecule has 1 unspecified atom stereocenters. The van der Waals surface area contributed by atoms with Gasteiger partial charge in [-0.05, 0) is 57.6 Å². The number of ether oxygens (including phenoxy) is 1. The number of ketones is 1. The standard InChI is InChI=1S/C18H24N2O3S/c1-12(2)23-9-5-8-20-18(22)14(11-19)17(21)16-10-13-6-3-4-7-15(13)24-16/h10,12,14H,3-9H2,1-2H3,(H,20,22). The summed E-state index contributed by atoms with van der Waals surface area (Å²) in [7, 11) is 0. The second kappa shape index (κ2) is 8.95. The molecule has 0 aliphatic heterocycles. The Bertz CT molecular complexity index is 607. The molecule has 0 radical (unpaired) electrons. The van der Waals surface area contributed by atoms with Crippen LogP contribution in [0.2, 0.25) is 0 Å². The minimum atomic E-state index is -1.27. The van der Waals surface area contributed by atoms with Crippen LogP contribution >= 0.6 is 11.3 Å². The molecule has 2 rings (SSSR count). The number of nitriles is 1. The molecule has 1 aliphatic carbocycles. The monoisotopic (exact) mass is 348 g/mol. The van der Waals surface area contributed by atoms with Gasteiger partial charge < -0.3 is 10.1 Å². The molecule has 1 N–H and O–H groups in total. The first-order valence-electron chi connectivity index (χ1n) is 8.47. The van der Waals surface area contributed by atoms with Crippen LogP contribution in [-0.4, -0.2) is 30.9 Å². The Balaban J connectivity index is 1.90. The van der Waals surface area contributed by atoms with E-state index >= 15 is 0 Å². The lowest BCUT2D eigenvalue weighted by molar-refractivity contribution is -0.122. The molecule has 0 spiro atoms. The van der Waals surface area contributed by atoms with Crippen LogP contribution in [0.4, 0.5) is 0 Å². The van der Waals surface area contributed by atoms with Gasteiger partial charge in [0.2, 0.25) is 5.91 Å². The van der Waals surface area contributed by atoms with E-state index in [0.717, 1.165) is 25.7 Å². The van der Waals surface area contributed by atoms with E-state index in [9.17, 15) is 14.9 Å². The van der Waals surface area contributed by atoms with Gasteiger partial charge in [0.25, 0.3) is 0 Å². The number of Topliss-reactive ketones (excluding diaryl/α,β-unsaturated/α-hetero) is 1.